The van der Waals surface area contributed by atoms with Crippen molar-refractivity contribution in [3.63, 3.8) is 0 Å². The van der Waals surface area contributed by atoms with E-state index in [2.05, 4.69) is 21.9 Å². The van der Waals surface area contributed by atoms with Gasteiger partial charge >= 0.3 is 0 Å². The Morgan fingerprint density at radius 2 is 1.90 bits per heavy atom. The van der Waals surface area contributed by atoms with Crippen LogP contribution in [0.5, 0.6) is 5.75 Å². The molecule has 0 aliphatic rings. The number of aromatic nitrogens is 2. The van der Waals surface area contributed by atoms with E-state index in [-0.39, 0.29) is 16.8 Å². The summed E-state index contributed by atoms with van der Waals surface area (Å²) >= 11 is 0. The highest BCUT2D eigenvalue weighted by Crippen LogP contribution is 2.35. The van der Waals surface area contributed by atoms with Crippen LogP contribution in [0.15, 0.2) is 94.9 Å². The number of rotatable bonds is 8. The van der Waals surface area contributed by atoms with Gasteiger partial charge in [0.25, 0.3) is 0 Å². The lowest BCUT2D eigenvalue weighted by Crippen LogP contribution is -2.17. The highest BCUT2D eigenvalue weighted by atomic mass is 19.1. The second-order valence-electron chi connectivity index (χ2n) is 8.96. The van der Waals surface area contributed by atoms with E-state index < -0.39 is 11.9 Å². The molecule has 0 saturated carbocycles. The normalized spacial score (nSPS) is 11.8. The maximum atomic E-state index is 14.2. The average Bonchev–Trinajstić information content (AvgIpc) is 2.93. The van der Waals surface area contributed by atoms with Crippen LogP contribution in [0.25, 0.3) is 27.7 Å². The molecule has 1 atom stereocenters. The van der Waals surface area contributed by atoms with Crippen molar-refractivity contribution in [2.24, 2.45) is 0 Å². The maximum absolute atomic E-state index is 14.2. The molecule has 7 nitrogen and oxygen atoms in total. The average molecular weight is 523 g/mol. The predicted molar refractivity (Wildman–Crippen MR) is 152 cm³/mol. The first-order valence-corrected chi connectivity index (χ1v) is 12.5. The van der Waals surface area contributed by atoms with Crippen molar-refractivity contribution in [2.75, 3.05) is 17.7 Å². The van der Waals surface area contributed by atoms with Gasteiger partial charge in [0.1, 0.15) is 40.9 Å². The second-order valence-corrected chi connectivity index (χ2v) is 8.96. The highest BCUT2D eigenvalue weighted by molar-refractivity contribution is 5.89. The number of ether oxygens (including phenoxy) is 1. The fraction of sp³-hybridized carbons (Fsp3) is 0.129. The predicted octanol–water partition coefficient (Wildman–Crippen LogP) is 6.60. The summed E-state index contributed by atoms with van der Waals surface area (Å²) < 4.78 is 26.1. The number of nitrogens with two attached hydrogens (primary N) is 1. The molecule has 8 heteroatoms. The van der Waals surface area contributed by atoms with Gasteiger partial charge in [-0.15, -0.1) is 0 Å². The van der Waals surface area contributed by atoms with Gasteiger partial charge in [0.2, 0.25) is 5.43 Å². The Kier molecular flexibility index (Phi) is 7.10. The fourth-order valence-corrected chi connectivity index (χ4v) is 4.54. The first-order valence-electron chi connectivity index (χ1n) is 12.5. The van der Waals surface area contributed by atoms with Gasteiger partial charge in [-0.2, -0.15) is 0 Å². The van der Waals surface area contributed by atoms with E-state index in [4.69, 9.17) is 14.9 Å². The number of fused-ring (bicyclic) bond motifs is 1. The molecule has 0 bridgehead atoms. The summed E-state index contributed by atoms with van der Waals surface area (Å²) in [5.74, 6) is 1.21. The largest absolute Gasteiger partial charge is 0.494 e. The molecule has 2 heterocycles. The van der Waals surface area contributed by atoms with Crippen LogP contribution in [0.3, 0.4) is 0 Å². The third-order valence-electron chi connectivity index (χ3n) is 6.36. The summed E-state index contributed by atoms with van der Waals surface area (Å²) in [4.78, 5) is 22.2. The van der Waals surface area contributed by atoms with Gasteiger partial charge in [0.05, 0.1) is 29.2 Å². The Hall–Kier alpha value is -4.98. The lowest BCUT2D eigenvalue weighted by atomic mass is 9.98. The molecular weight excluding hydrogens is 495 g/mol. The number of para-hydroxylation sites is 1. The zero-order chi connectivity index (χ0) is 27.5. The third-order valence-corrected chi connectivity index (χ3v) is 6.36. The molecule has 39 heavy (non-hydrogen) atoms. The first kappa shape index (κ1) is 25.7. The minimum Gasteiger partial charge on any atom is -0.494 e. The van der Waals surface area contributed by atoms with Crippen molar-refractivity contribution in [3.05, 3.63) is 119 Å². The van der Waals surface area contributed by atoms with E-state index in [1.165, 1.54) is 18.5 Å². The molecule has 0 radical (unpaired) electrons. The number of nitrogens with zero attached hydrogens (tertiary/aromatic N) is 2. The van der Waals surface area contributed by atoms with Crippen LogP contribution >= 0.6 is 0 Å². The topological polar surface area (TPSA) is 103 Å². The van der Waals surface area contributed by atoms with E-state index in [9.17, 15) is 9.18 Å². The number of halogens is 1. The second kappa shape index (κ2) is 10.8. The van der Waals surface area contributed by atoms with Crippen molar-refractivity contribution < 1.29 is 13.5 Å². The molecule has 3 aromatic carbocycles. The maximum Gasteiger partial charge on any atom is 0.200 e. The molecule has 3 N–H and O–H groups in total. The van der Waals surface area contributed by atoms with Gasteiger partial charge in [0, 0.05) is 0 Å². The number of hydrogen-bond acceptors (Lipinski definition) is 7. The molecule has 196 valence electrons. The molecular formula is C31H27FN4O3. The Labute approximate surface area is 224 Å². The summed E-state index contributed by atoms with van der Waals surface area (Å²) in [6, 6.07) is 19.8. The highest BCUT2D eigenvalue weighted by Gasteiger charge is 2.24. The molecule has 0 saturated heterocycles. The third kappa shape index (κ3) is 5.09. The Balaban J connectivity index is 1.60. The van der Waals surface area contributed by atoms with E-state index in [1.54, 1.807) is 36.4 Å². The smallest absolute Gasteiger partial charge is 0.200 e. The number of hydrogen-bond donors (Lipinski definition) is 2. The molecule has 2 aromatic heterocycles. The van der Waals surface area contributed by atoms with Crippen LogP contribution in [0.1, 0.15) is 36.8 Å². The van der Waals surface area contributed by atoms with Crippen molar-refractivity contribution in [3.8, 4) is 16.9 Å². The zero-order valence-corrected chi connectivity index (χ0v) is 21.6. The molecule has 0 aliphatic heterocycles. The van der Waals surface area contributed by atoms with Crippen LogP contribution in [0, 0.1) is 5.82 Å². The van der Waals surface area contributed by atoms with Gasteiger partial charge in [-0.1, -0.05) is 43.0 Å². The van der Waals surface area contributed by atoms with Gasteiger partial charge in [-0.25, -0.2) is 14.4 Å². The van der Waals surface area contributed by atoms with Crippen molar-refractivity contribution in [1.29, 1.82) is 0 Å². The summed E-state index contributed by atoms with van der Waals surface area (Å²) in [6.07, 6.45) is 1.35. The number of benzene rings is 3. The summed E-state index contributed by atoms with van der Waals surface area (Å²) in [7, 11) is 0. The SMILES string of the molecule is C=C(c1cccc(OCC)c1)c1c(N)ncnc1NC(C)c1oc2ccccc2c(=O)c1-c1cccc(F)c1. The standard InChI is InChI=1S/C31H27FN4O3/c1-4-38-23-12-8-9-20(16-23)18(2)26-30(33)34-17-35-31(26)36-19(3)29-27(21-10-7-11-22(32)15-21)28(37)24-13-5-6-14-25(24)39-29/h5-17,19H,2,4H2,1,3H3,(H3,33,34,35,36). The molecule has 0 amide bonds. The van der Waals surface area contributed by atoms with Crippen LogP contribution in [-0.2, 0) is 0 Å². The minimum atomic E-state index is -0.573. The summed E-state index contributed by atoms with van der Waals surface area (Å²) in [5, 5.41) is 3.73. The fourth-order valence-electron chi connectivity index (χ4n) is 4.54. The molecule has 0 spiro atoms. The number of nitrogen functional groups attached to an aromatic ring is 1. The lowest BCUT2D eigenvalue weighted by Gasteiger charge is -2.21. The molecule has 0 fully saturated rings. The minimum absolute atomic E-state index is 0.233. The molecule has 1 unspecified atom stereocenters. The van der Waals surface area contributed by atoms with Crippen molar-refractivity contribution >= 4 is 28.2 Å². The lowest BCUT2D eigenvalue weighted by molar-refractivity contribution is 0.340. The Morgan fingerprint density at radius 3 is 2.69 bits per heavy atom. The van der Waals surface area contributed by atoms with Crippen LogP contribution < -0.4 is 21.2 Å². The molecule has 0 aliphatic carbocycles. The number of nitrogens with one attached hydrogen (secondary N) is 1. The Bertz CT molecular complexity index is 1750. The number of anilines is 2. The van der Waals surface area contributed by atoms with Crippen LogP contribution in [0.2, 0.25) is 0 Å². The van der Waals surface area contributed by atoms with Crippen LogP contribution in [0.4, 0.5) is 16.0 Å². The first-order chi connectivity index (χ1) is 18.9. The summed E-state index contributed by atoms with van der Waals surface area (Å²) in [6.45, 7) is 8.53. The monoisotopic (exact) mass is 522 g/mol. The van der Waals surface area contributed by atoms with Gasteiger partial charge < -0.3 is 20.2 Å². The van der Waals surface area contributed by atoms with Crippen LogP contribution in [-0.4, -0.2) is 16.6 Å². The van der Waals surface area contributed by atoms with Gasteiger partial charge in [-0.3, -0.25) is 4.79 Å². The van der Waals surface area contributed by atoms with Gasteiger partial charge in [-0.05, 0) is 66.9 Å². The quantitative estimate of drug-likeness (QED) is 0.236. The van der Waals surface area contributed by atoms with Crippen molar-refractivity contribution in [2.45, 2.75) is 19.9 Å². The van der Waals surface area contributed by atoms with E-state index >= 15 is 0 Å². The van der Waals surface area contributed by atoms with E-state index in [1.807, 2.05) is 38.1 Å². The zero-order valence-electron chi connectivity index (χ0n) is 21.6. The molecule has 5 aromatic rings. The Morgan fingerprint density at radius 1 is 1.10 bits per heavy atom. The molecule has 5 rings (SSSR count). The van der Waals surface area contributed by atoms with E-state index in [0.717, 1.165) is 5.56 Å². The van der Waals surface area contributed by atoms with Crippen molar-refractivity contribution in [1.82, 2.24) is 9.97 Å². The van der Waals surface area contributed by atoms with Gasteiger partial charge in [0.15, 0.2) is 0 Å². The summed E-state index contributed by atoms with van der Waals surface area (Å²) in [5.41, 5.74) is 9.04. The van der Waals surface area contributed by atoms with E-state index in [0.29, 0.717) is 51.6 Å².